The standard InChI is InChI=1S/C14H14F3N3/c15-14(16,17)12-1-2-13(9(3-12)4-18)20-7-10-5-19-6-11(10)8-20/h1-3,10-11,19H,5-8H2. The molecule has 2 aliphatic rings. The van der Waals surface area contributed by atoms with Gasteiger partial charge in [0.05, 0.1) is 16.8 Å². The quantitative estimate of drug-likeness (QED) is 0.858. The van der Waals surface area contributed by atoms with Crippen LogP contribution in [-0.2, 0) is 6.18 Å². The molecule has 0 bridgehead atoms. The van der Waals surface area contributed by atoms with Crippen LogP contribution in [0.1, 0.15) is 11.1 Å². The summed E-state index contributed by atoms with van der Waals surface area (Å²) in [6, 6.07) is 5.32. The SMILES string of the molecule is N#Cc1cc(C(F)(F)F)ccc1N1CC2CNCC2C1. The van der Waals surface area contributed by atoms with E-state index in [0.29, 0.717) is 17.5 Å². The first-order valence-electron chi connectivity index (χ1n) is 6.56. The molecule has 106 valence electrons. The molecule has 0 aromatic heterocycles. The summed E-state index contributed by atoms with van der Waals surface area (Å²) >= 11 is 0. The van der Waals surface area contributed by atoms with Crippen molar-refractivity contribution in [3.63, 3.8) is 0 Å². The van der Waals surface area contributed by atoms with Gasteiger partial charge in [-0.1, -0.05) is 0 Å². The molecule has 2 heterocycles. The maximum atomic E-state index is 12.7. The molecule has 2 fully saturated rings. The van der Waals surface area contributed by atoms with Gasteiger partial charge >= 0.3 is 6.18 Å². The molecule has 1 aromatic rings. The van der Waals surface area contributed by atoms with Crippen molar-refractivity contribution in [1.29, 1.82) is 5.26 Å². The minimum absolute atomic E-state index is 0.104. The highest BCUT2D eigenvalue weighted by molar-refractivity contribution is 5.61. The number of nitrogens with one attached hydrogen (secondary N) is 1. The van der Waals surface area contributed by atoms with Gasteiger partial charge in [-0.05, 0) is 30.0 Å². The topological polar surface area (TPSA) is 39.1 Å². The first kappa shape index (κ1) is 13.3. The molecule has 0 aliphatic carbocycles. The van der Waals surface area contributed by atoms with E-state index in [1.807, 2.05) is 11.0 Å². The first-order valence-corrected chi connectivity index (χ1v) is 6.56. The van der Waals surface area contributed by atoms with Crippen LogP contribution in [0.4, 0.5) is 18.9 Å². The average molecular weight is 281 g/mol. The molecule has 2 saturated heterocycles. The van der Waals surface area contributed by atoms with E-state index in [1.54, 1.807) is 0 Å². The van der Waals surface area contributed by atoms with Crippen LogP contribution in [0.3, 0.4) is 0 Å². The van der Waals surface area contributed by atoms with Crippen LogP contribution in [0, 0.1) is 23.2 Å². The lowest BCUT2D eigenvalue weighted by Crippen LogP contribution is -2.26. The fourth-order valence-corrected chi connectivity index (χ4v) is 3.13. The Labute approximate surface area is 115 Å². The first-order chi connectivity index (χ1) is 9.49. The normalized spacial score (nSPS) is 25.6. The monoisotopic (exact) mass is 281 g/mol. The summed E-state index contributed by atoms with van der Waals surface area (Å²) in [5, 5.41) is 12.4. The number of halogens is 3. The lowest BCUT2D eigenvalue weighted by molar-refractivity contribution is -0.137. The highest BCUT2D eigenvalue weighted by Gasteiger charge is 2.37. The summed E-state index contributed by atoms with van der Waals surface area (Å²) in [6.45, 7) is 3.50. The van der Waals surface area contributed by atoms with Crippen molar-refractivity contribution in [2.75, 3.05) is 31.1 Å². The Morgan fingerprint density at radius 1 is 1.20 bits per heavy atom. The van der Waals surface area contributed by atoms with Crippen molar-refractivity contribution in [3.05, 3.63) is 29.3 Å². The van der Waals surface area contributed by atoms with Gasteiger partial charge in [0.1, 0.15) is 6.07 Å². The highest BCUT2D eigenvalue weighted by Crippen LogP contribution is 2.36. The molecule has 2 aliphatic heterocycles. The maximum Gasteiger partial charge on any atom is 0.416 e. The molecule has 2 unspecified atom stereocenters. The number of anilines is 1. The van der Waals surface area contributed by atoms with Gasteiger partial charge in [-0.25, -0.2) is 0 Å². The minimum Gasteiger partial charge on any atom is -0.370 e. The van der Waals surface area contributed by atoms with E-state index < -0.39 is 11.7 Å². The van der Waals surface area contributed by atoms with Crippen LogP contribution in [0.25, 0.3) is 0 Å². The second-order valence-electron chi connectivity index (χ2n) is 5.42. The van der Waals surface area contributed by atoms with E-state index in [9.17, 15) is 13.2 Å². The summed E-state index contributed by atoms with van der Waals surface area (Å²) in [7, 11) is 0. The highest BCUT2D eigenvalue weighted by atomic mass is 19.4. The van der Waals surface area contributed by atoms with E-state index >= 15 is 0 Å². The van der Waals surface area contributed by atoms with Crippen LogP contribution in [-0.4, -0.2) is 26.2 Å². The molecule has 6 heteroatoms. The number of alkyl halides is 3. The molecular weight excluding hydrogens is 267 g/mol. The van der Waals surface area contributed by atoms with Gasteiger partial charge in [0.25, 0.3) is 0 Å². The third-order valence-electron chi connectivity index (χ3n) is 4.17. The number of hydrogen-bond donors (Lipinski definition) is 1. The Hall–Kier alpha value is -1.74. The predicted molar refractivity (Wildman–Crippen MR) is 68.2 cm³/mol. The third-order valence-corrected chi connectivity index (χ3v) is 4.17. The number of rotatable bonds is 1. The van der Waals surface area contributed by atoms with Crippen molar-refractivity contribution in [1.82, 2.24) is 5.32 Å². The second kappa shape index (κ2) is 4.67. The second-order valence-corrected chi connectivity index (χ2v) is 5.42. The molecule has 0 spiro atoms. The Morgan fingerprint density at radius 2 is 1.85 bits per heavy atom. The van der Waals surface area contributed by atoms with Crippen molar-refractivity contribution in [3.8, 4) is 6.07 Å². The molecule has 3 rings (SSSR count). The van der Waals surface area contributed by atoms with Gasteiger partial charge in [0.2, 0.25) is 0 Å². The van der Waals surface area contributed by atoms with Gasteiger partial charge in [0.15, 0.2) is 0 Å². The van der Waals surface area contributed by atoms with Crippen LogP contribution in [0.2, 0.25) is 0 Å². The van der Waals surface area contributed by atoms with Crippen LogP contribution in [0.15, 0.2) is 18.2 Å². The van der Waals surface area contributed by atoms with Crippen molar-refractivity contribution in [2.45, 2.75) is 6.18 Å². The molecule has 3 nitrogen and oxygen atoms in total. The molecular formula is C14H14F3N3. The summed E-state index contributed by atoms with van der Waals surface area (Å²) in [6.07, 6.45) is -4.41. The maximum absolute atomic E-state index is 12.7. The molecule has 1 N–H and O–H groups in total. The Balaban J connectivity index is 1.89. The summed E-state index contributed by atoms with van der Waals surface area (Å²) in [5.41, 5.74) is -0.0403. The smallest absolute Gasteiger partial charge is 0.370 e. The molecule has 2 atom stereocenters. The van der Waals surface area contributed by atoms with Crippen molar-refractivity contribution < 1.29 is 13.2 Å². The molecule has 20 heavy (non-hydrogen) atoms. The largest absolute Gasteiger partial charge is 0.416 e. The van der Waals surface area contributed by atoms with Crippen molar-refractivity contribution in [2.24, 2.45) is 11.8 Å². The van der Waals surface area contributed by atoms with Crippen LogP contribution >= 0.6 is 0 Å². The minimum atomic E-state index is -4.41. The lowest BCUT2D eigenvalue weighted by Gasteiger charge is -2.21. The van der Waals surface area contributed by atoms with E-state index in [-0.39, 0.29) is 5.56 Å². The van der Waals surface area contributed by atoms with E-state index in [2.05, 4.69) is 5.32 Å². The summed E-state index contributed by atoms with van der Waals surface area (Å²) in [4.78, 5) is 2.04. The predicted octanol–water partition coefficient (Wildman–Crippen LogP) is 2.23. The van der Waals surface area contributed by atoms with Gasteiger partial charge in [-0.15, -0.1) is 0 Å². The summed E-state index contributed by atoms with van der Waals surface area (Å²) in [5.74, 6) is 1.06. The van der Waals surface area contributed by atoms with Crippen LogP contribution < -0.4 is 10.2 Å². The van der Waals surface area contributed by atoms with E-state index in [1.165, 1.54) is 6.07 Å². The number of nitrogens with zero attached hydrogens (tertiary/aromatic N) is 2. The van der Waals surface area contributed by atoms with Gasteiger partial charge < -0.3 is 10.2 Å². The summed E-state index contributed by atoms with van der Waals surface area (Å²) < 4.78 is 38.0. The Morgan fingerprint density at radius 3 is 2.40 bits per heavy atom. The third kappa shape index (κ3) is 2.22. The number of fused-ring (bicyclic) bond motifs is 1. The molecule has 1 aromatic carbocycles. The number of benzene rings is 1. The van der Waals surface area contributed by atoms with Crippen molar-refractivity contribution >= 4 is 5.69 Å². The Bertz CT molecular complexity index is 550. The van der Waals surface area contributed by atoms with E-state index in [4.69, 9.17) is 5.26 Å². The Kier molecular flexibility index (Phi) is 3.09. The van der Waals surface area contributed by atoms with Gasteiger partial charge in [-0.2, -0.15) is 18.4 Å². The van der Waals surface area contributed by atoms with Gasteiger partial charge in [-0.3, -0.25) is 0 Å². The zero-order valence-corrected chi connectivity index (χ0v) is 10.7. The average Bonchev–Trinajstić information content (AvgIpc) is 2.97. The zero-order valence-electron chi connectivity index (χ0n) is 10.7. The zero-order chi connectivity index (χ0) is 14.3. The van der Waals surface area contributed by atoms with Gasteiger partial charge in [0, 0.05) is 26.2 Å². The van der Waals surface area contributed by atoms with Crippen LogP contribution in [0.5, 0.6) is 0 Å². The number of hydrogen-bond acceptors (Lipinski definition) is 3. The number of nitriles is 1. The fourth-order valence-electron chi connectivity index (χ4n) is 3.13. The molecule has 0 saturated carbocycles. The lowest BCUT2D eigenvalue weighted by atomic mass is 10.0. The van der Waals surface area contributed by atoms with E-state index in [0.717, 1.165) is 38.3 Å². The molecule has 0 radical (unpaired) electrons. The molecule has 0 amide bonds. The fraction of sp³-hybridized carbons (Fsp3) is 0.500.